The summed E-state index contributed by atoms with van der Waals surface area (Å²) in [6.07, 6.45) is 3.55. The first-order valence-electron chi connectivity index (χ1n) is 6.87. The molecule has 108 valence electrons. The lowest BCUT2D eigenvalue weighted by Crippen LogP contribution is -2.25. The van der Waals surface area contributed by atoms with Crippen LogP contribution >= 0.6 is 15.9 Å². The molecule has 0 spiro atoms. The van der Waals surface area contributed by atoms with Gasteiger partial charge in [0.15, 0.2) is 0 Å². The van der Waals surface area contributed by atoms with Crippen LogP contribution in [0.3, 0.4) is 0 Å². The molecule has 0 atom stereocenters. The lowest BCUT2D eigenvalue weighted by Gasteiger charge is -2.23. The normalized spacial score (nSPS) is 10.8. The van der Waals surface area contributed by atoms with Gasteiger partial charge in [-0.25, -0.2) is 4.98 Å². The summed E-state index contributed by atoms with van der Waals surface area (Å²) in [7, 11) is 0. The van der Waals surface area contributed by atoms with Crippen LogP contribution in [-0.4, -0.2) is 18.1 Å². The lowest BCUT2D eigenvalue weighted by atomic mass is 10.2. The van der Waals surface area contributed by atoms with Gasteiger partial charge in [0.1, 0.15) is 11.6 Å². The van der Waals surface area contributed by atoms with Gasteiger partial charge in [0, 0.05) is 29.3 Å². The number of nitrogens with one attached hydrogen (secondary N) is 1. The third-order valence-corrected chi connectivity index (χ3v) is 3.52. The van der Waals surface area contributed by atoms with Gasteiger partial charge in [0.2, 0.25) is 0 Å². The zero-order valence-corrected chi connectivity index (χ0v) is 13.5. The highest BCUT2D eigenvalue weighted by atomic mass is 79.9. The largest absolute Gasteiger partial charge is 0.467 e. The molecule has 4 nitrogen and oxygen atoms in total. The smallest absolute Gasteiger partial charge is 0.133 e. The molecule has 2 aromatic heterocycles. The van der Waals surface area contributed by atoms with Crippen molar-refractivity contribution in [2.24, 2.45) is 0 Å². The van der Waals surface area contributed by atoms with E-state index in [0.29, 0.717) is 0 Å². The fourth-order valence-electron chi connectivity index (χ4n) is 2.08. The number of rotatable bonds is 7. The standard InChI is InChI=1S/C15H20BrN3O/c1-3-17-9-12-8-13(16)10-18-15(12)19(4-2)11-14-6-5-7-20-14/h5-8,10,17H,3-4,9,11H2,1-2H3. The molecular formula is C15H20BrN3O. The molecule has 0 unspecified atom stereocenters. The summed E-state index contributed by atoms with van der Waals surface area (Å²) in [6, 6.07) is 6.03. The zero-order valence-electron chi connectivity index (χ0n) is 11.9. The van der Waals surface area contributed by atoms with Crippen molar-refractivity contribution in [3.8, 4) is 0 Å². The highest BCUT2D eigenvalue weighted by Gasteiger charge is 2.13. The van der Waals surface area contributed by atoms with E-state index < -0.39 is 0 Å². The second-order valence-corrected chi connectivity index (χ2v) is 5.43. The monoisotopic (exact) mass is 337 g/mol. The van der Waals surface area contributed by atoms with E-state index in [9.17, 15) is 0 Å². The molecular weight excluding hydrogens is 318 g/mol. The molecule has 0 bridgehead atoms. The van der Waals surface area contributed by atoms with Gasteiger partial charge >= 0.3 is 0 Å². The molecule has 5 heteroatoms. The van der Waals surface area contributed by atoms with Gasteiger partial charge in [-0.3, -0.25) is 0 Å². The SMILES string of the molecule is CCNCc1cc(Br)cnc1N(CC)Cc1ccco1. The fraction of sp³-hybridized carbons (Fsp3) is 0.400. The molecule has 0 aliphatic rings. The summed E-state index contributed by atoms with van der Waals surface area (Å²) in [5.74, 6) is 1.96. The summed E-state index contributed by atoms with van der Waals surface area (Å²) in [5.41, 5.74) is 1.19. The Morgan fingerprint density at radius 2 is 2.25 bits per heavy atom. The molecule has 0 saturated heterocycles. The van der Waals surface area contributed by atoms with E-state index in [1.54, 1.807) is 6.26 Å². The van der Waals surface area contributed by atoms with E-state index in [2.05, 4.69) is 51.0 Å². The Morgan fingerprint density at radius 1 is 1.40 bits per heavy atom. The Morgan fingerprint density at radius 3 is 2.90 bits per heavy atom. The summed E-state index contributed by atoms with van der Waals surface area (Å²) < 4.78 is 6.44. The number of halogens is 1. The average Bonchev–Trinajstić information content (AvgIpc) is 2.96. The van der Waals surface area contributed by atoms with Gasteiger partial charge in [-0.05, 0) is 47.6 Å². The van der Waals surface area contributed by atoms with Crippen LogP contribution in [-0.2, 0) is 13.1 Å². The molecule has 0 fully saturated rings. The number of anilines is 1. The quantitative estimate of drug-likeness (QED) is 0.838. The van der Waals surface area contributed by atoms with Gasteiger partial charge in [0.25, 0.3) is 0 Å². The maximum absolute atomic E-state index is 5.44. The highest BCUT2D eigenvalue weighted by Crippen LogP contribution is 2.23. The Bertz CT molecular complexity index is 528. The van der Waals surface area contributed by atoms with Crippen molar-refractivity contribution in [2.45, 2.75) is 26.9 Å². The molecule has 2 aromatic rings. The Hall–Kier alpha value is -1.33. The van der Waals surface area contributed by atoms with Crippen LogP contribution in [0.5, 0.6) is 0 Å². The topological polar surface area (TPSA) is 41.3 Å². The minimum atomic E-state index is 0.733. The van der Waals surface area contributed by atoms with Crippen LogP contribution in [0.2, 0.25) is 0 Å². The molecule has 0 amide bonds. The maximum Gasteiger partial charge on any atom is 0.133 e. The molecule has 20 heavy (non-hydrogen) atoms. The second-order valence-electron chi connectivity index (χ2n) is 4.51. The number of hydrogen-bond acceptors (Lipinski definition) is 4. The summed E-state index contributed by atoms with van der Waals surface area (Å²) >= 11 is 3.49. The molecule has 0 aliphatic heterocycles. The second kappa shape index (κ2) is 7.45. The predicted octanol–water partition coefficient (Wildman–Crippen LogP) is 3.57. The van der Waals surface area contributed by atoms with Gasteiger partial charge in [-0.15, -0.1) is 0 Å². The third-order valence-electron chi connectivity index (χ3n) is 3.08. The minimum absolute atomic E-state index is 0.733. The third kappa shape index (κ3) is 3.84. The molecule has 0 aliphatic carbocycles. The van der Waals surface area contributed by atoms with Crippen LogP contribution in [0, 0.1) is 0 Å². The zero-order chi connectivity index (χ0) is 14.4. The van der Waals surface area contributed by atoms with Crippen LogP contribution in [0.4, 0.5) is 5.82 Å². The van der Waals surface area contributed by atoms with Crippen molar-refractivity contribution in [3.63, 3.8) is 0 Å². The van der Waals surface area contributed by atoms with E-state index in [1.807, 2.05) is 18.3 Å². The van der Waals surface area contributed by atoms with Gasteiger partial charge in [-0.1, -0.05) is 6.92 Å². The number of furan rings is 1. The van der Waals surface area contributed by atoms with Gasteiger partial charge < -0.3 is 14.6 Å². The number of pyridine rings is 1. The molecule has 2 heterocycles. The van der Waals surface area contributed by atoms with Crippen molar-refractivity contribution in [3.05, 3.63) is 46.5 Å². The maximum atomic E-state index is 5.44. The number of aromatic nitrogens is 1. The van der Waals surface area contributed by atoms with E-state index >= 15 is 0 Å². The molecule has 0 aromatic carbocycles. The van der Waals surface area contributed by atoms with Crippen LogP contribution in [0.1, 0.15) is 25.2 Å². The fourth-order valence-corrected chi connectivity index (χ4v) is 2.45. The minimum Gasteiger partial charge on any atom is -0.467 e. The average molecular weight is 338 g/mol. The van der Waals surface area contributed by atoms with Crippen LogP contribution in [0.25, 0.3) is 0 Å². The first kappa shape index (κ1) is 15.1. The van der Waals surface area contributed by atoms with Crippen molar-refractivity contribution in [2.75, 3.05) is 18.0 Å². The summed E-state index contributed by atoms with van der Waals surface area (Å²) in [4.78, 5) is 6.80. The number of nitrogens with zero attached hydrogens (tertiary/aromatic N) is 2. The van der Waals surface area contributed by atoms with E-state index in [1.165, 1.54) is 5.56 Å². The Kier molecular flexibility index (Phi) is 5.61. The lowest BCUT2D eigenvalue weighted by molar-refractivity contribution is 0.502. The molecule has 0 radical (unpaired) electrons. The predicted molar refractivity (Wildman–Crippen MR) is 84.7 cm³/mol. The van der Waals surface area contributed by atoms with Gasteiger partial charge in [0.05, 0.1) is 12.8 Å². The Balaban J connectivity index is 2.23. The highest BCUT2D eigenvalue weighted by molar-refractivity contribution is 9.10. The molecule has 0 saturated carbocycles. The Labute approximate surface area is 128 Å². The van der Waals surface area contributed by atoms with Crippen molar-refractivity contribution < 1.29 is 4.42 Å². The summed E-state index contributed by atoms with van der Waals surface area (Å²) in [6.45, 7) is 7.60. The molecule has 2 rings (SSSR count). The first-order chi connectivity index (χ1) is 9.74. The van der Waals surface area contributed by atoms with Crippen molar-refractivity contribution >= 4 is 21.7 Å². The van der Waals surface area contributed by atoms with E-state index in [0.717, 1.165) is 42.2 Å². The summed E-state index contributed by atoms with van der Waals surface area (Å²) in [5, 5.41) is 3.36. The van der Waals surface area contributed by atoms with Crippen molar-refractivity contribution in [1.29, 1.82) is 0 Å². The molecule has 1 N–H and O–H groups in total. The first-order valence-corrected chi connectivity index (χ1v) is 7.66. The number of hydrogen-bond donors (Lipinski definition) is 1. The van der Waals surface area contributed by atoms with Crippen LogP contribution < -0.4 is 10.2 Å². The van der Waals surface area contributed by atoms with Gasteiger partial charge in [-0.2, -0.15) is 0 Å². The van der Waals surface area contributed by atoms with E-state index in [4.69, 9.17) is 4.42 Å². The van der Waals surface area contributed by atoms with E-state index in [-0.39, 0.29) is 0 Å². The van der Waals surface area contributed by atoms with Crippen LogP contribution in [0.15, 0.2) is 39.5 Å². The van der Waals surface area contributed by atoms with Crippen molar-refractivity contribution in [1.82, 2.24) is 10.3 Å².